The van der Waals surface area contributed by atoms with E-state index in [0.717, 1.165) is 24.4 Å². The number of carbonyl (C=O) groups is 2. The topological polar surface area (TPSA) is 73.2 Å². The third kappa shape index (κ3) is 3.33. The van der Waals surface area contributed by atoms with Crippen LogP contribution in [0, 0.1) is 31.6 Å². The first-order valence-corrected chi connectivity index (χ1v) is 10.4. The molecule has 0 bridgehead atoms. The number of rotatable bonds is 6. The number of ketones is 1. The molecule has 1 aromatic heterocycles. The summed E-state index contributed by atoms with van der Waals surface area (Å²) in [5, 5.41) is 7.77. The molecule has 1 aromatic rings. The van der Waals surface area contributed by atoms with Crippen LogP contribution in [0.25, 0.3) is 0 Å². The predicted molar refractivity (Wildman–Crippen MR) is 102 cm³/mol. The van der Waals surface area contributed by atoms with Gasteiger partial charge >= 0.3 is 0 Å². The number of nitrogens with zero attached hydrogens (tertiary/aromatic N) is 2. The summed E-state index contributed by atoms with van der Waals surface area (Å²) in [4.78, 5) is 24.4. The van der Waals surface area contributed by atoms with Crippen LogP contribution in [0.4, 0.5) is 0 Å². The Bertz CT molecular complexity index is 731. The molecule has 148 valence electrons. The summed E-state index contributed by atoms with van der Waals surface area (Å²) in [6.07, 6.45) is 7.02. The number of ether oxygens (including phenoxy) is 1. The van der Waals surface area contributed by atoms with Crippen LogP contribution < -0.4 is 5.32 Å². The largest absolute Gasteiger partial charge is 0.377 e. The summed E-state index contributed by atoms with van der Waals surface area (Å²) in [6.45, 7) is 6.66. The standard InChI is InChI=1S/C21H31N3O3/c1-12-18(14(3)25)13(2)24(23-12)10-8-17(26)22-20-16-9-11-27-21(16)19(20)15-6-4-5-7-15/h15-16,19-21H,4-11H2,1-3H3,(H,22,26)/t16-,19+,20+,21-/m0/s1. The van der Waals surface area contributed by atoms with Gasteiger partial charge < -0.3 is 10.1 Å². The maximum atomic E-state index is 12.6. The number of nitrogens with one attached hydrogen (secondary N) is 1. The highest BCUT2D eigenvalue weighted by Crippen LogP contribution is 2.51. The molecule has 0 radical (unpaired) electrons. The summed E-state index contributed by atoms with van der Waals surface area (Å²) in [7, 11) is 0. The first kappa shape index (κ1) is 18.7. The summed E-state index contributed by atoms with van der Waals surface area (Å²) in [5.74, 6) is 1.83. The van der Waals surface area contributed by atoms with E-state index in [4.69, 9.17) is 4.74 Å². The molecule has 4 atom stereocenters. The molecule has 2 heterocycles. The molecule has 1 aliphatic heterocycles. The van der Waals surface area contributed by atoms with Crippen molar-refractivity contribution in [3.05, 3.63) is 17.0 Å². The Morgan fingerprint density at radius 2 is 1.96 bits per heavy atom. The first-order valence-electron chi connectivity index (χ1n) is 10.4. The minimum Gasteiger partial charge on any atom is -0.377 e. The molecule has 27 heavy (non-hydrogen) atoms. The number of aryl methyl sites for hydroxylation is 2. The third-order valence-electron chi connectivity index (χ3n) is 6.99. The van der Waals surface area contributed by atoms with Gasteiger partial charge in [0.1, 0.15) is 0 Å². The number of carbonyl (C=O) groups excluding carboxylic acids is 2. The number of Topliss-reactive ketones (excluding diaryl/α,β-unsaturated/α-hetero) is 1. The molecular formula is C21H31N3O3. The maximum absolute atomic E-state index is 12.6. The van der Waals surface area contributed by atoms with Gasteiger partial charge in [-0.25, -0.2) is 0 Å². The Labute approximate surface area is 161 Å². The maximum Gasteiger partial charge on any atom is 0.222 e. The van der Waals surface area contributed by atoms with Gasteiger partial charge in [-0.1, -0.05) is 25.7 Å². The van der Waals surface area contributed by atoms with Gasteiger partial charge in [0.15, 0.2) is 5.78 Å². The van der Waals surface area contributed by atoms with Crippen molar-refractivity contribution in [2.45, 2.75) is 78.0 Å². The molecule has 1 amide bonds. The van der Waals surface area contributed by atoms with E-state index in [0.29, 0.717) is 42.4 Å². The fourth-order valence-electron chi connectivity index (χ4n) is 5.75. The fraction of sp³-hybridized carbons (Fsp3) is 0.762. The second kappa shape index (κ2) is 7.38. The monoisotopic (exact) mass is 373 g/mol. The minimum absolute atomic E-state index is 0.0295. The lowest BCUT2D eigenvalue weighted by Crippen LogP contribution is -2.63. The summed E-state index contributed by atoms with van der Waals surface area (Å²) in [5.41, 5.74) is 2.28. The quantitative estimate of drug-likeness (QED) is 0.778. The van der Waals surface area contributed by atoms with Crippen LogP contribution in [0.2, 0.25) is 0 Å². The Morgan fingerprint density at radius 3 is 2.63 bits per heavy atom. The van der Waals surface area contributed by atoms with Crippen molar-refractivity contribution in [3.8, 4) is 0 Å². The molecule has 3 aliphatic rings. The average Bonchev–Trinajstić information content (AvgIpc) is 3.32. The van der Waals surface area contributed by atoms with Crippen LogP contribution in [0.1, 0.15) is 67.2 Å². The Morgan fingerprint density at radius 1 is 1.22 bits per heavy atom. The van der Waals surface area contributed by atoms with E-state index >= 15 is 0 Å². The second-order valence-electron chi connectivity index (χ2n) is 8.58. The van der Waals surface area contributed by atoms with Crippen molar-refractivity contribution in [2.24, 2.45) is 17.8 Å². The van der Waals surface area contributed by atoms with E-state index in [1.54, 1.807) is 11.6 Å². The Balaban J connectivity index is 1.36. The van der Waals surface area contributed by atoms with E-state index in [-0.39, 0.29) is 17.7 Å². The van der Waals surface area contributed by atoms with Crippen molar-refractivity contribution in [1.82, 2.24) is 15.1 Å². The highest BCUT2D eigenvalue weighted by atomic mass is 16.5. The van der Waals surface area contributed by atoms with E-state index in [2.05, 4.69) is 10.4 Å². The second-order valence-corrected chi connectivity index (χ2v) is 8.58. The predicted octanol–water partition coefficient (Wildman–Crippen LogP) is 2.80. The molecular weight excluding hydrogens is 342 g/mol. The van der Waals surface area contributed by atoms with Gasteiger partial charge in [-0.2, -0.15) is 5.10 Å². The van der Waals surface area contributed by atoms with Gasteiger partial charge in [-0.15, -0.1) is 0 Å². The molecule has 2 aliphatic carbocycles. The number of aromatic nitrogens is 2. The van der Waals surface area contributed by atoms with Crippen molar-refractivity contribution in [2.75, 3.05) is 6.61 Å². The summed E-state index contributed by atoms with van der Waals surface area (Å²) >= 11 is 0. The van der Waals surface area contributed by atoms with Crippen molar-refractivity contribution in [3.63, 3.8) is 0 Å². The fourth-order valence-corrected chi connectivity index (χ4v) is 5.75. The first-order chi connectivity index (χ1) is 13.0. The Hall–Kier alpha value is -1.69. The van der Waals surface area contributed by atoms with Crippen LogP contribution in [-0.2, 0) is 16.1 Å². The molecule has 0 spiro atoms. The third-order valence-corrected chi connectivity index (χ3v) is 6.99. The molecule has 2 saturated carbocycles. The zero-order valence-corrected chi connectivity index (χ0v) is 16.7. The van der Waals surface area contributed by atoms with Crippen LogP contribution >= 0.6 is 0 Å². The van der Waals surface area contributed by atoms with Crippen LogP contribution in [0.3, 0.4) is 0 Å². The highest BCUT2D eigenvalue weighted by Gasteiger charge is 2.56. The highest BCUT2D eigenvalue weighted by molar-refractivity contribution is 5.96. The smallest absolute Gasteiger partial charge is 0.222 e. The number of hydrogen-bond acceptors (Lipinski definition) is 4. The summed E-state index contributed by atoms with van der Waals surface area (Å²) in [6, 6.07) is 0.279. The van der Waals surface area contributed by atoms with E-state index in [9.17, 15) is 9.59 Å². The molecule has 4 rings (SSSR count). The van der Waals surface area contributed by atoms with Gasteiger partial charge in [0, 0.05) is 43.1 Å². The average molecular weight is 373 g/mol. The lowest BCUT2D eigenvalue weighted by atomic mass is 9.61. The number of amides is 1. The molecule has 0 aromatic carbocycles. The van der Waals surface area contributed by atoms with Crippen molar-refractivity contribution >= 4 is 11.7 Å². The van der Waals surface area contributed by atoms with E-state index in [1.165, 1.54) is 25.7 Å². The number of hydrogen-bond donors (Lipinski definition) is 1. The van der Waals surface area contributed by atoms with Crippen molar-refractivity contribution < 1.29 is 14.3 Å². The number of fused-ring (bicyclic) bond motifs is 1. The van der Waals surface area contributed by atoms with Gasteiger partial charge in [0.05, 0.1) is 17.4 Å². The van der Waals surface area contributed by atoms with Crippen LogP contribution in [0.5, 0.6) is 0 Å². The van der Waals surface area contributed by atoms with Crippen molar-refractivity contribution in [1.29, 1.82) is 0 Å². The van der Waals surface area contributed by atoms with Crippen LogP contribution in [0.15, 0.2) is 0 Å². The zero-order valence-electron chi connectivity index (χ0n) is 16.7. The molecule has 0 unspecified atom stereocenters. The van der Waals surface area contributed by atoms with E-state index in [1.807, 2.05) is 13.8 Å². The lowest BCUT2D eigenvalue weighted by molar-refractivity contribution is -0.130. The van der Waals surface area contributed by atoms with E-state index < -0.39 is 0 Å². The lowest BCUT2D eigenvalue weighted by Gasteiger charge is -2.50. The van der Waals surface area contributed by atoms with Gasteiger partial charge in [-0.3, -0.25) is 14.3 Å². The molecule has 1 N–H and O–H groups in total. The SMILES string of the molecule is CC(=O)c1c(C)nn(CCC(=O)N[C@@H]2[C@@H]3CCO[C@@H]3[C@@H]2C2CCCC2)c1C. The zero-order chi connectivity index (χ0) is 19.1. The Kier molecular flexibility index (Phi) is 5.10. The molecule has 6 heteroatoms. The van der Waals surface area contributed by atoms with Gasteiger partial charge in [-0.05, 0) is 33.1 Å². The minimum atomic E-state index is 0.0295. The molecule has 6 nitrogen and oxygen atoms in total. The molecule has 3 fully saturated rings. The van der Waals surface area contributed by atoms with Crippen LogP contribution in [-0.4, -0.2) is 40.2 Å². The normalized spacial score (nSPS) is 30.2. The summed E-state index contributed by atoms with van der Waals surface area (Å²) < 4.78 is 7.77. The van der Waals surface area contributed by atoms with Gasteiger partial charge in [0.25, 0.3) is 0 Å². The molecule has 1 saturated heterocycles. The van der Waals surface area contributed by atoms with Gasteiger partial charge in [0.2, 0.25) is 5.91 Å².